The van der Waals surface area contributed by atoms with Gasteiger partial charge in [-0.1, -0.05) is 12.1 Å². The van der Waals surface area contributed by atoms with Gasteiger partial charge in [-0.15, -0.1) is 0 Å². The number of rotatable bonds is 4. The molecule has 7 nitrogen and oxygen atoms in total. The fourth-order valence-electron chi connectivity index (χ4n) is 2.50. The standard InChI is InChI=1S/C16H16N2O5/c1-4-17-10(2)14(16(20)23-3)13(15(17)19)9-11-6-5-7-12(8-11)18(21)22/h5-9H,4H2,1-3H3. The number of hydrogen-bond donors (Lipinski definition) is 0. The van der Waals surface area contributed by atoms with E-state index >= 15 is 0 Å². The van der Waals surface area contributed by atoms with E-state index in [1.165, 1.54) is 36.3 Å². The Labute approximate surface area is 133 Å². The SMILES string of the molecule is CCN1C(=O)C(=Cc2cccc([N+](=O)[O-])c2)C(C(=O)OC)=C1C. The minimum atomic E-state index is -0.608. The monoisotopic (exact) mass is 316 g/mol. The minimum Gasteiger partial charge on any atom is -0.465 e. The summed E-state index contributed by atoms with van der Waals surface area (Å²) in [5, 5.41) is 10.9. The van der Waals surface area contributed by atoms with Gasteiger partial charge in [-0.25, -0.2) is 4.79 Å². The predicted molar refractivity (Wildman–Crippen MR) is 83.2 cm³/mol. The highest BCUT2D eigenvalue weighted by Gasteiger charge is 2.36. The molecule has 0 radical (unpaired) electrons. The van der Waals surface area contributed by atoms with Gasteiger partial charge in [-0.05, 0) is 25.5 Å². The summed E-state index contributed by atoms with van der Waals surface area (Å²) in [6.07, 6.45) is 1.47. The van der Waals surface area contributed by atoms with Gasteiger partial charge in [-0.3, -0.25) is 14.9 Å². The van der Waals surface area contributed by atoms with Crippen molar-refractivity contribution in [2.24, 2.45) is 0 Å². The lowest BCUT2D eigenvalue weighted by atomic mass is 10.0. The highest BCUT2D eigenvalue weighted by molar-refractivity contribution is 6.16. The van der Waals surface area contributed by atoms with Crippen LogP contribution in [0.5, 0.6) is 0 Å². The number of benzene rings is 1. The number of carbonyl (C=O) groups excluding carboxylic acids is 2. The molecule has 0 aliphatic carbocycles. The molecule has 0 saturated heterocycles. The van der Waals surface area contributed by atoms with E-state index in [1.807, 2.05) is 0 Å². The molecule has 0 atom stereocenters. The van der Waals surface area contributed by atoms with E-state index in [4.69, 9.17) is 4.74 Å². The first-order valence-corrected chi connectivity index (χ1v) is 6.98. The molecule has 1 heterocycles. The third-order valence-corrected chi connectivity index (χ3v) is 3.61. The third kappa shape index (κ3) is 2.98. The number of nitrogens with zero attached hydrogens (tertiary/aromatic N) is 2. The second-order valence-corrected chi connectivity index (χ2v) is 4.91. The quantitative estimate of drug-likeness (QED) is 0.368. The van der Waals surface area contributed by atoms with Crippen LogP contribution in [-0.4, -0.2) is 35.4 Å². The molecule has 1 aromatic carbocycles. The summed E-state index contributed by atoms with van der Waals surface area (Å²) in [7, 11) is 1.24. The molecule has 2 rings (SSSR count). The largest absolute Gasteiger partial charge is 0.465 e. The fourth-order valence-corrected chi connectivity index (χ4v) is 2.50. The zero-order valence-electron chi connectivity index (χ0n) is 13.0. The van der Waals surface area contributed by atoms with Crippen LogP contribution in [0.2, 0.25) is 0 Å². The summed E-state index contributed by atoms with van der Waals surface area (Å²) in [5.74, 6) is -0.930. The van der Waals surface area contributed by atoms with E-state index in [2.05, 4.69) is 0 Å². The molecular weight excluding hydrogens is 300 g/mol. The molecule has 120 valence electrons. The van der Waals surface area contributed by atoms with E-state index in [9.17, 15) is 19.7 Å². The van der Waals surface area contributed by atoms with Crippen LogP contribution in [0.3, 0.4) is 0 Å². The maximum atomic E-state index is 12.5. The lowest BCUT2D eigenvalue weighted by Gasteiger charge is -2.14. The third-order valence-electron chi connectivity index (χ3n) is 3.61. The molecule has 0 spiro atoms. The van der Waals surface area contributed by atoms with Crippen molar-refractivity contribution in [2.45, 2.75) is 13.8 Å². The first-order valence-electron chi connectivity index (χ1n) is 6.98. The number of amides is 1. The summed E-state index contributed by atoms with van der Waals surface area (Å²) >= 11 is 0. The molecule has 0 unspecified atom stereocenters. The summed E-state index contributed by atoms with van der Waals surface area (Å²) < 4.78 is 4.75. The van der Waals surface area contributed by atoms with Crippen molar-refractivity contribution in [2.75, 3.05) is 13.7 Å². The van der Waals surface area contributed by atoms with Gasteiger partial charge in [0.15, 0.2) is 0 Å². The van der Waals surface area contributed by atoms with Crippen LogP contribution >= 0.6 is 0 Å². The Kier molecular flexibility index (Phi) is 4.59. The molecule has 0 saturated carbocycles. The van der Waals surface area contributed by atoms with Crippen LogP contribution in [0.15, 0.2) is 41.1 Å². The number of nitro groups is 1. The topological polar surface area (TPSA) is 89.8 Å². The number of non-ortho nitro benzene ring substituents is 1. The number of likely N-dealkylation sites (N-methyl/N-ethyl adjacent to an activating group) is 1. The van der Waals surface area contributed by atoms with Gasteiger partial charge in [0.2, 0.25) is 0 Å². The van der Waals surface area contributed by atoms with Crippen LogP contribution < -0.4 is 0 Å². The minimum absolute atomic E-state index is 0.0857. The molecule has 1 aliphatic heterocycles. The first kappa shape index (κ1) is 16.4. The molecule has 23 heavy (non-hydrogen) atoms. The maximum Gasteiger partial charge on any atom is 0.340 e. The van der Waals surface area contributed by atoms with Crippen molar-refractivity contribution in [1.29, 1.82) is 0 Å². The molecule has 1 aromatic rings. The molecule has 0 aromatic heterocycles. The number of nitro benzene ring substituents is 1. The Morgan fingerprint density at radius 1 is 1.43 bits per heavy atom. The van der Waals surface area contributed by atoms with E-state index in [0.717, 1.165) is 0 Å². The van der Waals surface area contributed by atoms with Crippen molar-refractivity contribution in [1.82, 2.24) is 4.90 Å². The van der Waals surface area contributed by atoms with Crippen LogP contribution in [-0.2, 0) is 14.3 Å². The second-order valence-electron chi connectivity index (χ2n) is 4.91. The number of allylic oxidation sites excluding steroid dienone is 1. The summed E-state index contributed by atoms with van der Waals surface area (Å²) in [6.45, 7) is 3.88. The highest BCUT2D eigenvalue weighted by atomic mass is 16.6. The van der Waals surface area contributed by atoms with Crippen LogP contribution in [0.25, 0.3) is 6.08 Å². The van der Waals surface area contributed by atoms with Crippen molar-refractivity contribution in [3.63, 3.8) is 0 Å². The van der Waals surface area contributed by atoms with Crippen molar-refractivity contribution in [3.8, 4) is 0 Å². The van der Waals surface area contributed by atoms with Crippen molar-refractivity contribution >= 4 is 23.6 Å². The average molecular weight is 316 g/mol. The number of ether oxygens (including phenoxy) is 1. The highest BCUT2D eigenvalue weighted by Crippen LogP contribution is 2.31. The zero-order chi connectivity index (χ0) is 17.1. The molecule has 1 amide bonds. The van der Waals surface area contributed by atoms with Gasteiger partial charge in [0, 0.05) is 24.4 Å². The van der Waals surface area contributed by atoms with Gasteiger partial charge in [0.05, 0.1) is 23.2 Å². The number of hydrogen-bond acceptors (Lipinski definition) is 5. The smallest absolute Gasteiger partial charge is 0.340 e. The molecule has 0 fully saturated rings. The molecule has 0 bridgehead atoms. The van der Waals surface area contributed by atoms with E-state index in [0.29, 0.717) is 17.8 Å². The zero-order valence-corrected chi connectivity index (χ0v) is 13.0. The second kappa shape index (κ2) is 6.43. The van der Waals surface area contributed by atoms with Crippen molar-refractivity contribution < 1.29 is 19.2 Å². The Bertz CT molecular complexity index is 749. The van der Waals surface area contributed by atoms with Crippen LogP contribution in [0.1, 0.15) is 19.4 Å². The molecule has 7 heteroatoms. The Morgan fingerprint density at radius 3 is 2.70 bits per heavy atom. The lowest BCUT2D eigenvalue weighted by molar-refractivity contribution is -0.384. The Balaban J connectivity index is 2.55. The van der Waals surface area contributed by atoms with Gasteiger partial charge in [-0.2, -0.15) is 0 Å². The van der Waals surface area contributed by atoms with E-state index < -0.39 is 10.9 Å². The maximum absolute atomic E-state index is 12.5. The number of carbonyl (C=O) groups is 2. The van der Waals surface area contributed by atoms with Gasteiger partial charge in [0.1, 0.15) is 0 Å². The van der Waals surface area contributed by atoms with E-state index in [1.54, 1.807) is 19.9 Å². The number of esters is 1. The average Bonchev–Trinajstić information content (AvgIpc) is 2.77. The fraction of sp³-hybridized carbons (Fsp3) is 0.250. The van der Waals surface area contributed by atoms with E-state index in [-0.39, 0.29) is 22.7 Å². The Morgan fingerprint density at radius 2 is 2.13 bits per heavy atom. The van der Waals surface area contributed by atoms with Crippen LogP contribution in [0.4, 0.5) is 5.69 Å². The van der Waals surface area contributed by atoms with Crippen molar-refractivity contribution in [3.05, 3.63) is 56.8 Å². The summed E-state index contributed by atoms with van der Waals surface area (Å²) in [6, 6.07) is 5.86. The predicted octanol–water partition coefficient (Wildman–Crippen LogP) is 2.29. The lowest BCUT2D eigenvalue weighted by Crippen LogP contribution is -2.24. The van der Waals surface area contributed by atoms with Gasteiger partial charge < -0.3 is 9.64 Å². The van der Waals surface area contributed by atoms with Gasteiger partial charge in [0.25, 0.3) is 11.6 Å². The summed E-state index contributed by atoms with van der Waals surface area (Å²) in [4.78, 5) is 36.3. The van der Waals surface area contributed by atoms with Gasteiger partial charge >= 0.3 is 5.97 Å². The number of methoxy groups -OCH3 is 1. The first-order chi connectivity index (χ1) is 10.9. The Hall–Kier alpha value is -2.96. The van der Waals surface area contributed by atoms with Crippen LogP contribution in [0, 0.1) is 10.1 Å². The normalized spacial score (nSPS) is 16.2. The molecule has 1 aliphatic rings. The molecule has 0 N–H and O–H groups in total. The molecular formula is C16H16N2O5. The summed E-state index contributed by atoms with van der Waals surface area (Å²) in [5.41, 5.74) is 1.26.